The van der Waals surface area contributed by atoms with Crippen LogP contribution in [0.3, 0.4) is 0 Å². The highest BCUT2D eigenvalue weighted by atomic mass is 16.4. The Morgan fingerprint density at radius 1 is 1.31 bits per heavy atom. The Kier molecular flexibility index (Phi) is 4.66. The molecule has 1 spiro atoms. The minimum absolute atomic E-state index is 0.158. The van der Waals surface area contributed by atoms with Gasteiger partial charge in [0.2, 0.25) is 0 Å². The lowest BCUT2D eigenvalue weighted by molar-refractivity contribution is 0.0691. The molecule has 6 nitrogen and oxygen atoms in total. The molecular formula is C20H20N2O4. The molecule has 0 unspecified atom stereocenters. The highest BCUT2D eigenvalue weighted by Crippen LogP contribution is 2.48. The van der Waals surface area contributed by atoms with E-state index in [-0.39, 0.29) is 11.1 Å². The van der Waals surface area contributed by atoms with E-state index in [1.165, 1.54) is 12.3 Å². The minimum Gasteiger partial charge on any atom is -0.477 e. The molecule has 26 heavy (non-hydrogen) atoms. The molecule has 2 heterocycles. The monoisotopic (exact) mass is 352 g/mol. The van der Waals surface area contributed by atoms with Gasteiger partial charge in [0.15, 0.2) is 5.43 Å². The second kappa shape index (κ2) is 6.77. The van der Waals surface area contributed by atoms with Gasteiger partial charge in [-0.15, -0.1) is 0 Å². The molecule has 1 aliphatic carbocycles. The molecule has 0 amide bonds. The molecule has 1 fully saturated rings. The average molecular weight is 352 g/mol. The number of nitriles is 1. The van der Waals surface area contributed by atoms with Crippen LogP contribution in [0.4, 0.5) is 0 Å². The summed E-state index contributed by atoms with van der Waals surface area (Å²) in [7, 11) is 3.25. The van der Waals surface area contributed by atoms with Gasteiger partial charge in [0, 0.05) is 37.6 Å². The van der Waals surface area contributed by atoms with Crippen LogP contribution in [-0.4, -0.2) is 29.9 Å². The van der Waals surface area contributed by atoms with Crippen molar-refractivity contribution >= 4 is 5.97 Å². The van der Waals surface area contributed by atoms with Gasteiger partial charge in [-0.2, -0.15) is 5.26 Å². The average Bonchev–Trinajstić information content (AvgIpc) is 2.58. The van der Waals surface area contributed by atoms with Crippen molar-refractivity contribution < 1.29 is 14.6 Å². The number of hydrogen-bond acceptors (Lipinski definition) is 4. The van der Waals surface area contributed by atoms with E-state index in [1.54, 1.807) is 20.3 Å². The quantitative estimate of drug-likeness (QED) is 0.852. The number of carboxylic acid groups (broad SMARTS) is 1. The molecule has 0 bridgehead atoms. The molecule has 1 saturated carbocycles. The molecule has 1 aliphatic heterocycles. The number of benzene rings is 1. The molecule has 2 aliphatic rings. The van der Waals surface area contributed by atoms with Gasteiger partial charge < -0.3 is 14.4 Å². The Morgan fingerprint density at radius 2 is 2.00 bits per heavy atom. The second-order valence-electron chi connectivity index (χ2n) is 6.76. The number of carboxylic acids is 1. The number of pyridine rings is 1. The number of carbonyl (C=O) groups is 1. The van der Waals surface area contributed by atoms with Gasteiger partial charge in [-0.05, 0) is 43.4 Å². The molecule has 4 rings (SSSR count). The molecule has 134 valence electrons. The Balaban J connectivity index is 0.000000613. The van der Waals surface area contributed by atoms with Crippen LogP contribution in [0.1, 0.15) is 40.7 Å². The van der Waals surface area contributed by atoms with Crippen molar-refractivity contribution in [3.63, 3.8) is 0 Å². The highest BCUT2D eigenvalue weighted by Gasteiger charge is 2.43. The normalized spacial score (nSPS) is 15.6. The summed E-state index contributed by atoms with van der Waals surface area (Å²) in [6.07, 6.45) is 5.27. The topological polar surface area (TPSA) is 92.3 Å². The first-order chi connectivity index (χ1) is 12.5. The third-order valence-electron chi connectivity index (χ3n) is 5.11. The lowest BCUT2D eigenvalue weighted by Crippen LogP contribution is -2.46. The van der Waals surface area contributed by atoms with Crippen molar-refractivity contribution in [2.24, 2.45) is 0 Å². The van der Waals surface area contributed by atoms with E-state index in [9.17, 15) is 14.7 Å². The Labute approximate surface area is 151 Å². The van der Waals surface area contributed by atoms with Crippen molar-refractivity contribution in [1.82, 2.24) is 4.57 Å². The molecule has 1 aromatic carbocycles. The van der Waals surface area contributed by atoms with Crippen LogP contribution in [0.15, 0.2) is 35.3 Å². The maximum Gasteiger partial charge on any atom is 0.341 e. The number of aromatic carboxylic acids is 1. The van der Waals surface area contributed by atoms with E-state index < -0.39 is 11.4 Å². The molecule has 1 N–H and O–H groups in total. The zero-order chi connectivity index (χ0) is 18.9. The van der Waals surface area contributed by atoms with Crippen LogP contribution >= 0.6 is 0 Å². The van der Waals surface area contributed by atoms with Crippen LogP contribution in [0.2, 0.25) is 0 Å². The predicted molar refractivity (Wildman–Crippen MR) is 96.3 cm³/mol. The van der Waals surface area contributed by atoms with Crippen LogP contribution < -0.4 is 5.43 Å². The van der Waals surface area contributed by atoms with E-state index in [0.717, 1.165) is 42.5 Å². The fraction of sp³-hybridized carbons (Fsp3) is 0.350. The number of aromatic nitrogens is 1. The number of methoxy groups -OCH3 is 1. The zero-order valence-corrected chi connectivity index (χ0v) is 14.8. The lowest BCUT2D eigenvalue weighted by atomic mass is 9.69. The summed E-state index contributed by atoms with van der Waals surface area (Å²) in [6, 6.07) is 9.05. The van der Waals surface area contributed by atoms with E-state index in [1.807, 2.05) is 16.7 Å². The van der Waals surface area contributed by atoms with E-state index in [4.69, 9.17) is 5.26 Å². The van der Waals surface area contributed by atoms with Gasteiger partial charge >= 0.3 is 5.97 Å². The summed E-state index contributed by atoms with van der Waals surface area (Å²) in [4.78, 5) is 23.4. The molecule has 1 aromatic heterocycles. The standard InChI is InChI=1S/C18H14N2O3.C2H6O/c19-9-11-2-3-13-12(6-11)8-18(4-1-5-18)20-10-14(17(22)23)16(21)7-15(13)20;1-3-2/h2-3,6-7,10H,1,4-5,8H2,(H,22,23);1-2H3. The first kappa shape index (κ1) is 17.9. The number of hydrogen-bond donors (Lipinski definition) is 1. The summed E-state index contributed by atoms with van der Waals surface area (Å²) in [6.45, 7) is 0. The van der Waals surface area contributed by atoms with Gasteiger partial charge in [0.1, 0.15) is 5.56 Å². The summed E-state index contributed by atoms with van der Waals surface area (Å²) in [5.41, 5.74) is 2.52. The zero-order valence-electron chi connectivity index (χ0n) is 14.8. The fourth-order valence-corrected chi connectivity index (χ4v) is 3.80. The van der Waals surface area contributed by atoms with Crippen molar-refractivity contribution in [2.75, 3.05) is 14.2 Å². The third kappa shape index (κ3) is 2.80. The fourth-order valence-electron chi connectivity index (χ4n) is 3.80. The number of ether oxygens (including phenoxy) is 1. The smallest absolute Gasteiger partial charge is 0.341 e. The number of fused-ring (bicyclic) bond motifs is 4. The van der Waals surface area contributed by atoms with Crippen LogP contribution in [0, 0.1) is 11.3 Å². The van der Waals surface area contributed by atoms with Crippen molar-refractivity contribution in [3.8, 4) is 17.3 Å². The molecule has 0 saturated heterocycles. The van der Waals surface area contributed by atoms with Crippen molar-refractivity contribution in [2.45, 2.75) is 31.2 Å². The van der Waals surface area contributed by atoms with E-state index >= 15 is 0 Å². The van der Waals surface area contributed by atoms with Gasteiger partial charge in [-0.25, -0.2) is 4.79 Å². The summed E-state index contributed by atoms with van der Waals surface area (Å²) >= 11 is 0. The number of rotatable bonds is 1. The van der Waals surface area contributed by atoms with Crippen molar-refractivity contribution in [1.29, 1.82) is 5.26 Å². The highest BCUT2D eigenvalue weighted by molar-refractivity contribution is 5.87. The Hall–Kier alpha value is -2.91. The first-order valence-electron chi connectivity index (χ1n) is 8.40. The SMILES string of the molecule is COC.N#Cc1ccc2c(c1)CC1(CCC1)n1cc(C(=O)O)c(=O)cc1-2. The largest absolute Gasteiger partial charge is 0.477 e. The Bertz CT molecular complexity index is 965. The van der Waals surface area contributed by atoms with Gasteiger partial charge in [-0.1, -0.05) is 6.07 Å². The van der Waals surface area contributed by atoms with Crippen LogP contribution in [0.25, 0.3) is 11.3 Å². The maximum absolute atomic E-state index is 12.1. The van der Waals surface area contributed by atoms with Crippen LogP contribution in [-0.2, 0) is 16.7 Å². The van der Waals surface area contributed by atoms with E-state index in [2.05, 4.69) is 10.8 Å². The molecule has 6 heteroatoms. The second-order valence-corrected chi connectivity index (χ2v) is 6.76. The van der Waals surface area contributed by atoms with Gasteiger partial charge in [0.05, 0.1) is 17.3 Å². The molecule has 0 radical (unpaired) electrons. The Morgan fingerprint density at radius 3 is 2.54 bits per heavy atom. The predicted octanol–water partition coefficient (Wildman–Crippen LogP) is 2.78. The summed E-state index contributed by atoms with van der Waals surface area (Å²) in [5.74, 6) is -1.19. The minimum atomic E-state index is -1.19. The van der Waals surface area contributed by atoms with Gasteiger partial charge in [-0.3, -0.25) is 4.79 Å². The molecule has 2 aromatic rings. The van der Waals surface area contributed by atoms with Crippen LogP contribution in [0.5, 0.6) is 0 Å². The lowest BCUT2D eigenvalue weighted by Gasteiger charge is -2.48. The summed E-state index contributed by atoms with van der Waals surface area (Å²) < 4.78 is 6.23. The third-order valence-corrected chi connectivity index (χ3v) is 5.11. The van der Waals surface area contributed by atoms with E-state index in [0.29, 0.717) is 5.56 Å². The first-order valence-corrected chi connectivity index (χ1v) is 8.40. The number of nitrogens with zero attached hydrogens (tertiary/aromatic N) is 2. The summed E-state index contributed by atoms with van der Waals surface area (Å²) in [5, 5.41) is 18.3. The maximum atomic E-state index is 12.1. The molecule has 0 atom stereocenters. The van der Waals surface area contributed by atoms with Gasteiger partial charge in [0.25, 0.3) is 0 Å². The molecular weight excluding hydrogens is 332 g/mol. The van der Waals surface area contributed by atoms with Crippen molar-refractivity contribution in [3.05, 3.63) is 57.4 Å².